The van der Waals surface area contributed by atoms with E-state index in [2.05, 4.69) is 60.4 Å². The highest BCUT2D eigenvalue weighted by Gasteiger charge is 2.26. The lowest BCUT2D eigenvalue weighted by Gasteiger charge is -2.36. The van der Waals surface area contributed by atoms with Crippen LogP contribution in [0.1, 0.15) is 27.9 Å². The van der Waals surface area contributed by atoms with E-state index in [4.69, 9.17) is 11.6 Å². The van der Waals surface area contributed by atoms with Crippen molar-refractivity contribution in [2.45, 2.75) is 35.3 Å². The summed E-state index contributed by atoms with van der Waals surface area (Å²) in [6.45, 7) is 9.81. The maximum Gasteiger partial charge on any atom is 0.293 e. The van der Waals surface area contributed by atoms with E-state index >= 15 is 0 Å². The van der Waals surface area contributed by atoms with E-state index in [1.807, 2.05) is 73.6 Å². The summed E-state index contributed by atoms with van der Waals surface area (Å²) in [6.07, 6.45) is 0.703. The molecular formula is C47H55ClN8O5S2. The van der Waals surface area contributed by atoms with Crippen molar-refractivity contribution >= 4 is 56.4 Å². The maximum absolute atomic E-state index is 13.5. The third kappa shape index (κ3) is 12.8. The summed E-state index contributed by atoms with van der Waals surface area (Å²) in [4.78, 5) is 34.9. The Labute approximate surface area is 380 Å². The van der Waals surface area contributed by atoms with Crippen LogP contribution in [0.5, 0.6) is 0 Å². The third-order valence-electron chi connectivity index (χ3n) is 11.4. The Morgan fingerprint density at radius 3 is 2.24 bits per heavy atom. The van der Waals surface area contributed by atoms with Crippen LogP contribution in [0, 0.1) is 10.1 Å². The molecule has 2 aliphatic rings. The first-order valence-electron chi connectivity index (χ1n) is 21.2. The summed E-state index contributed by atoms with van der Waals surface area (Å²) in [7, 11) is -0.518. The average molecular weight is 912 g/mol. The zero-order valence-electron chi connectivity index (χ0n) is 35.7. The number of nitrogens with one attached hydrogen (secondary N) is 3. The Balaban J connectivity index is 0.964. The number of sulfonamides is 1. The number of thioether (sulfide) groups is 1. The van der Waals surface area contributed by atoms with Gasteiger partial charge in [-0.25, -0.2) is 13.1 Å². The maximum atomic E-state index is 13.5. The zero-order chi connectivity index (χ0) is 44.3. The predicted molar refractivity (Wildman–Crippen MR) is 254 cm³/mol. The molecule has 0 radical (unpaired) electrons. The molecule has 16 heteroatoms. The Kier molecular flexibility index (Phi) is 15.8. The van der Waals surface area contributed by atoms with Gasteiger partial charge in [-0.2, -0.15) is 0 Å². The van der Waals surface area contributed by atoms with E-state index in [1.165, 1.54) is 28.8 Å². The number of hydrogen-bond donors (Lipinski definition) is 3. The standard InChI is InChI=1S/C47H55ClN8O5S2/c1-52(2)23-20-40(34-62-42-6-4-3-5-7-42)50-45-19-17-43(31-46(45)56(58)59)63(60,61)51-47(57)37-11-15-41(16-12-37)55-28-26-54(27-29-55)33-38-30-35(32-53-24-21-49-22-25-53)8-18-44(38)36-9-13-39(48)14-10-36/h3-19,30-31,40,49-50H,20-29,32-34H2,1-2H3,(H,51,57). The lowest BCUT2D eigenvalue weighted by Crippen LogP contribution is -2.46. The van der Waals surface area contributed by atoms with Crippen LogP contribution in [0.15, 0.2) is 125 Å². The lowest BCUT2D eigenvalue weighted by atomic mass is 9.96. The quantitative estimate of drug-likeness (QED) is 0.0462. The van der Waals surface area contributed by atoms with Gasteiger partial charge in [0, 0.05) is 104 Å². The third-order valence-corrected chi connectivity index (χ3v) is 14.1. The highest BCUT2D eigenvalue weighted by Crippen LogP contribution is 2.31. The van der Waals surface area contributed by atoms with Crippen molar-refractivity contribution < 1.29 is 18.1 Å². The number of hydrogen-bond acceptors (Lipinski definition) is 12. The van der Waals surface area contributed by atoms with Gasteiger partial charge in [0.2, 0.25) is 0 Å². The summed E-state index contributed by atoms with van der Waals surface area (Å²) >= 11 is 7.87. The average Bonchev–Trinajstić information content (AvgIpc) is 3.28. The highest BCUT2D eigenvalue weighted by molar-refractivity contribution is 7.99. The molecule has 0 spiro atoms. The summed E-state index contributed by atoms with van der Waals surface area (Å²) in [6, 6.07) is 35.1. The first-order chi connectivity index (χ1) is 30.4. The molecule has 3 N–H and O–H groups in total. The molecule has 2 aliphatic heterocycles. The predicted octanol–water partition coefficient (Wildman–Crippen LogP) is 7.29. The summed E-state index contributed by atoms with van der Waals surface area (Å²) in [5.74, 6) is -0.187. The number of rotatable bonds is 18. The van der Waals surface area contributed by atoms with E-state index in [-0.39, 0.29) is 22.2 Å². The number of nitro groups is 1. The Bertz CT molecular complexity index is 2430. The minimum atomic E-state index is -4.44. The molecule has 2 heterocycles. The zero-order valence-corrected chi connectivity index (χ0v) is 38.1. The first-order valence-corrected chi connectivity index (χ1v) is 24.1. The molecule has 2 fully saturated rings. The van der Waals surface area contributed by atoms with Gasteiger partial charge in [0.25, 0.3) is 21.6 Å². The highest BCUT2D eigenvalue weighted by atomic mass is 35.5. The number of piperazine rings is 2. The molecule has 63 heavy (non-hydrogen) atoms. The second-order valence-corrected chi connectivity index (χ2v) is 19.5. The Morgan fingerprint density at radius 1 is 0.857 bits per heavy atom. The molecule has 1 atom stereocenters. The first kappa shape index (κ1) is 46.0. The van der Waals surface area contributed by atoms with Crippen molar-refractivity contribution in [3.05, 3.63) is 147 Å². The van der Waals surface area contributed by atoms with Crippen molar-refractivity contribution in [3.63, 3.8) is 0 Å². The van der Waals surface area contributed by atoms with Crippen LogP contribution in [0.2, 0.25) is 5.02 Å². The molecule has 0 saturated carbocycles. The fraction of sp³-hybridized carbons (Fsp3) is 0.340. The molecule has 0 bridgehead atoms. The fourth-order valence-electron chi connectivity index (χ4n) is 7.88. The van der Waals surface area contributed by atoms with Gasteiger partial charge in [-0.05, 0) is 110 Å². The number of amides is 1. The van der Waals surface area contributed by atoms with Gasteiger partial charge in [-0.15, -0.1) is 11.8 Å². The number of nitrogens with zero attached hydrogens (tertiary/aromatic N) is 5. The van der Waals surface area contributed by atoms with E-state index in [9.17, 15) is 23.3 Å². The van der Waals surface area contributed by atoms with Crippen LogP contribution in [0.25, 0.3) is 11.1 Å². The van der Waals surface area contributed by atoms with Gasteiger partial charge in [0.1, 0.15) is 5.69 Å². The molecule has 0 aromatic heterocycles. The van der Waals surface area contributed by atoms with Gasteiger partial charge < -0.3 is 20.4 Å². The molecule has 1 unspecified atom stereocenters. The smallest absolute Gasteiger partial charge is 0.293 e. The molecule has 332 valence electrons. The Hall–Kier alpha value is -5.00. The topological polar surface area (TPSA) is 143 Å². The summed E-state index contributed by atoms with van der Waals surface area (Å²) in [5, 5.41) is 19.7. The number of carbonyl (C=O) groups excluding carboxylic acids is 1. The number of carbonyl (C=O) groups is 1. The van der Waals surface area contributed by atoms with E-state index < -0.39 is 26.5 Å². The number of anilines is 2. The van der Waals surface area contributed by atoms with Crippen LogP contribution < -0.4 is 20.3 Å². The van der Waals surface area contributed by atoms with Crippen molar-refractivity contribution in [2.75, 3.05) is 89.0 Å². The minimum absolute atomic E-state index is 0.144. The second-order valence-electron chi connectivity index (χ2n) is 16.3. The lowest BCUT2D eigenvalue weighted by molar-refractivity contribution is -0.384. The van der Waals surface area contributed by atoms with Crippen LogP contribution in [-0.4, -0.2) is 119 Å². The van der Waals surface area contributed by atoms with Gasteiger partial charge in [0.15, 0.2) is 0 Å². The Morgan fingerprint density at radius 2 is 1.56 bits per heavy atom. The van der Waals surface area contributed by atoms with E-state index in [0.717, 1.165) is 94.2 Å². The molecule has 5 aromatic carbocycles. The number of halogens is 1. The molecular weight excluding hydrogens is 856 g/mol. The van der Waals surface area contributed by atoms with Gasteiger partial charge in [-0.1, -0.05) is 60.1 Å². The molecule has 0 aliphatic carbocycles. The van der Waals surface area contributed by atoms with Crippen LogP contribution in [0.4, 0.5) is 17.1 Å². The summed E-state index contributed by atoms with van der Waals surface area (Å²) < 4.78 is 29.0. The van der Waals surface area contributed by atoms with Gasteiger partial charge in [-0.3, -0.25) is 24.7 Å². The molecule has 13 nitrogen and oxygen atoms in total. The summed E-state index contributed by atoms with van der Waals surface area (Å²) in [5.41, 5.74) is 5.83. The van der Waals surface area contributed by atoms with Gasteiger partial charge >= 0.3 is 0 Å². The largest absolute Gasteiger partial charge is 0.376 e. The van der Waals surface area contributed by atoms with Gasteiger partial charge in [0.05, 0.1) is 9.82 Å². The van der Waals surface area contributed by atoms with Crippen LogP contribution in [-0.2, 0) is 23.1 Å². The van der Waals surface area contributed by atoms with Crippen molar-refractivity contribution in [1.29, 1.82) is 0 Å². The molecule has 5 aromatic rings. The minimum Gasteiger partial charge on any atom is -0.376 e. The second kappa shape index (κ2) is 21.6. The van der Waals surface area contributed by atoms with Crippen molar-refractivity contribution in [3.8, 4) is 11.1 Å². The normalized spacial score (nSPS) is 15.6. The number of benzene rings is 5. The van der Waals surface area contributed by atoms with E-state index in [0.29, 0.717) is 17.2 Å². The van der Waals surface area contributed by atoms with Crippen LogP contribution >= 0.6 is 23.4 Å². The molecule has 7 rings (SSSR count). The fourth-order valence-corrected chi connectivity index (χ4v) is 9.99. The molecule has 2 saturated heterocycles. The van der Waals surface area contributed by atoms with Crippen molar-refractivity contribution in [2.24, 2.45) is 0 Å². The SMILES string of the molecule is CN(C)CCC(CSc1ccccc1)Nc1ccc(S(=O)(=O)NC(=O)c2ccc(N3CCN(Cc4cc(CN5CCNCC5)ccc4-c4ccc(Cl)cc4)CC3)cc2)cc1[N+](=O)[O-]. The number of nitro benzene ring substituents is 1. The van der Waals surface area contributed by atoms with Crippen molar-refractivity contribution in [1.82, 2.24) is 24.7 Å². The monoisotopic (exact) mass is 910 g/mol. The van der Waals surface area contributed by atoms with Crippen LogP contribution in [0.3, 0.4) is 0 Å². The molecule has 1 amide bonds. The van der Waals surface area contributed by atoms with E-state index in [1.54, 1.807) is 23.9 Å².